The lowest BCUT2D eigenvalue weighted by Crippen LogP contribution is -2.29. The van der Waals surface area contributed by atoms with Gasteiger partial charge in [-0.25, -0.2) is 4.79 Å². The van der Waals surface area contributed by atoms with Crippen LogP contribution in [0, 0.1) is 0 Å². The fourth-order valence-corrected chi connectivity index (χ4v) is 1.46. The lowest BCUT2D eigenvalue weighted by Gasteiger charge is -2.03. The smallest absolute Gasteiger partial charge is 0.321 e. The van der Waals surface area contributed by atoms with Gasteiger partial charge >= 0.3 is 12.0 Å². The van der Waals surface area contributed by atoms with Crippen LogP contribution in [0.5, 0.6) is 0 Å². The molecule has 0 aliphatic rings. The van der Waals surface area contributed by atoms with Crippen molar-refractivity contribution in [1.82, 2.24) is 20.1 Å². The molecule has 0 aliphatic carbocycles. The Kier molecular flexibility index (Phi) is 5.86. The van der Waals surface area contributed by atoms with Crippen LogP contribution < -0.4 is 10.6 Å². The fourth-order valence-electron chi connectivity index (χ4n) is 1.10. The van der Waals surface area contributed by atoms with Gasteiger partial charge in [-0.05, 0) is 18.1 Å². The highest BCUT2D eigenvalue weighted by Crippen LogP contribution is 2.03. The molecule has 0 bridgehead atoms. The van der Waals surface area contributed by atoms with E-state index in [2.05, 4.69) is 25.4 Å². The van der Waals surface area contributed by atoms with Gasteiger partial charge in [0.25, 0.3) is 0 Å². The van der Waals surface area contributed by atoms with E-state index in [1.54, 1.807) is 0 Å². The van der Waals surface area contributed by atoms with E-state index in [1.807, 2.05) is 0 Å². The lowest BCUT2D eigenvalue weighted by atomic mass is 10.2. The Morgan fingerprint density at radius 1 is 1.29 bits per heavy atom. The highest BCUT2D eigenvalue weighted by Gasteiger charge is 2.03. The van der Waals surface area contributed by atoms with Crippen LogP contribution in [0.2, 0.25) is 0 Å². The first kappa shape index (κ1) is 13.3. The molecule has 0 spiro atoms. The van der Waals surface area contributed by atoms with Crippen LogP contribution in [0.4, 0.5) is 9.93 Å². The van der Waals surface area contributed by atoms with Crippen LogP contribution in [-0.4, -0.2) is 38.5 Å². The van der Waals surface area contributed by atoms with Crippen molar-refractivity contribution >= 4 is 28.7 Å². The molecule has 0 fully saturated rings. The summed E-state index contributed by atoms with van der Waals surface area (Å²) in [4.78, 5) is 21.5. The monoisotopic (exact) mass is 259 g/mol. The van der Waals surface area contributed by atoms with E-state index in [9.17, 15) is 9.59 Å². The molecule has 1 rings (SSSR count). The number of rotatable bonds is 7. The lowest BCUT2D eigenvalue weighted by molar-refractivity contribution is -0.137. The van der Waals surface area contributed by atoms with E-state index in [0.717, 1.165) is 24.4 Å². The number of carboxylic acid groups (broad SMARTS) is 1. The average molecular weight is 259 g/mol. The zero-order valence-electron chi connectivity index (χ0n) is 9.05. The number of carbonyl (C=O) groups excluding carboxylic acids is 1. The quantitative estimate of drug-likeness (QED) is 0.620. The summed E-state index contributed by atoms with van der Waals surface area (Å²) in [7, 11) is 0. The summed E-state index contributed by atoms with van der Waals surface area (Å²) >= 11 is 0.992. The molecule has 94 valence electrons. The van der Waals surface area contributed by atoms with Gasteiger partial charge in [0, 0.05) is 24.5 Å². The Morgan fingerprint density at radius 2 is 2.12 bits per heavy atom. The second kappa shape index (κ2) is 7.49. The van der Waals surface area contributed by atoms with Crippen molar-refractivity contribution in [2.24, 2.45) is 0 Å². The first-order valence-corrected chi connectivity index (χ1v) is 5.87. The number of amides is 2. The molecule has 0 saturated carbocycles. The molecule has 1 aromatic heterocycles. The molecule has 0 saturated heterocycles. The number of hydrogen-bond donors (Lipinski definition) is 3. The SMILES string of the molecule is O=C(O)CCCCCNC(=O)Nc1nnns1. The van der Waals surface area contributed by atoms with Crippen LogP contribution >= 0.6 is 11.5 Å². The van der Waals surface area contributed by atoms with Gasteiger partial charge in [0.1, 0.15) is 0 Å². The maximum atomic E-state index is 11.2. The summed E-state index contributed by atoms with van der Waals surface area (Å²) in [6, 6.07) is -0.359. The number of nitrogens with one attached hydrogen (secondary N) is 2. The van der Waals surface area contributed by atoms with Crippen LogP contribution in [0.3, 0.4) is 0 Å². The third-order valence-electron chi connectivity index (χ3n) is 1.87. The molecule has 0 aromatic carbocycles. The molecule has 0 atom stereocenters. The number of anilines is 1. The molecule has 0 unspecified atom stereocenters. The summed E-state index contributed by atoms with van der Waals surface area (Å²) in [5.74, 6) is -0.792. The Labute approximate surface area is 102 Å². The van der Waals surface area contributed by atoms with Gasteiger partial charge in [-0.15, -0.1) is 0 Å². The Morgan fingerprint density at radius 3 is 2.76 bits per heavy atom. The number of carboxylic acids is 1. The van der Waals surface area contributed by atoms with Crippen molar-refractivity contribution in [1.29, 1.82) is 0 Å². The van der Waals surface area contributed by atoms with Crippen LogP contribution in [0.1, 0.15) is 25.7 Å². The number of nitrogens with zero attached hydrogens (tertiary/aromatic N) is 3. The van der Waals surface area contributed by atoms with Crippen LogP contribution in [0.25, 0.3) is 0 Å². The van der Waals surface area contributed by atoms with Crippen molar-refractivity contribution in [2.75, 3.05) is 11.9 Å². The average Bonchev–Trinajstić information content (AvgIpc) is 2.75. The molecule has 3 N–H and O–H groups in total. The first-order chi connectivity index (χ1) is 8.18. The molecule has 8 nitrogen and oxygen atoms in total. The molecule has 1 aromatic rings. The van der Waals surface area contributed by atoms with E-state index >= 15 is 0 Å². The Bertz CT molecular complexity index is 356. The summed E-state index contributed by atoms with van der Waals surface area (Å²) in [6.07, 6.45) is 2.31. The number of aliphatic carboxylic acids is 1. The number of carbonyl (C=O) groups is 2. The summed E-state index contributed by atoms with van der Waals surface area (Å²) < 4.78 is 3.49. The van der Waals surface area contributed by atoms with Crippen molar-refractivity contribution in [2.45, 2.75) is 25.7 Å². The van der Waals surface area contributed by atoms with E-state index in [1.165, 1.54) is 0 Å². The Balaban J connectivity index is 1.99. The normalized spacial score (nSPS) is 9.88. The Hall–Kier alpha value is -1.77. The molecule has 0 radical (unpaired) electrons. The third-order valence-corrected chi connectivity index (χ3v) is 2.38. The van der Waals surface area contributed by atoms with Crippen LogP contribution in [0.15, 0.2) is 0 Å². The number of unbranched alkanes of at least 4 members (excludes halogenated alkanes) is 2. The van der Waals surface area contributed by atoms with Gasteiger partial charge in [0.15, 0.2) is 0 Å². The van der Waals surface area contributed by atoms with Crippen molar-refractivity contribution in [3.63, 3.8) is 0 Å². The highest BCUT2D eigenvalue weighted by molar-refractivity contribution is 7.09. The third kappa shape index (κ3) is 6.40. The highest BCUT2D eigenvalue weighted by atomic mass is 32.1. The molecule has 0 aliphatic heterocycles. The largest absolute Gasteiger partial charge is 0.481 e. The molecule has 1 heterocycles. The van der Waals surface area contributed by atoms with E-state index in [4.69, 9.17) is 5.11 Å². The second-order valence-electron chi connectivity index (χ2n) is 3.25. The minimum absolute atomic E-state index is 0.169. The van der Waals surface area contributed by atoms with Gasteiger partial charge in [-0.3, -0.25) is 10.1 Å². The zero-order valence-corrected chi connectivity index (χ0v) is 9.87. The molecule has 9 heteroatoms. The topological polar surface area (TPSA) is 117 Å². The van der Waals surface area contributed by atoms with E-state index in [0.29, 0.717) is 18.1 Å². The molecular weight excluding hydrogens is 246 g/mol. The molecule has 17 heavy (non-hydrogen) atoms. The number of urea groups is 1. The van der Waals surface area contributed by atoms with Gasteiger partial charge < -0.3 is 10.4 Å². The molecular formula is C8H13N5O3S. The van der Waals surface area contributed by atoms with Gasteiger partial charge in [-0.1, -0.05) is 16.0 Å². The maximum absolute atomic E-state index is 11.2. The molecule has 2 amide bonds. The number of aromatic nitrogens is 3. The summed E-state index contributed by atoms with van der Waals surface area (Å²) in [6.45, 7) is 0.498. The predicted octanol–water partition coefficient (Wildman–Crippen LogP) is 0.700. The first-order valence-electron chi connectivity index (χ1n) is 5.10. The zero-order chi connectivity index (χ0) is 12.5. The summed E-state index contributed by atoms with van der Waals surface area (Å²) in [5.41, 5.74) is 0. The van der Waals surface area contributed by atoms with Gasteiger partial charge in [0.05, 0.1) is 0 Å². The second-order valence-corrected chi connectivity index (χ2v) is 3.99. The minimum atomic E-state index is -0.792. The maximum Gasteiger partial charge on any atom is 0.321 e. The van der Waals surface area contributed by atoms with Crippen molar-refractivity contribution in [3.8, 4) is 0 Å². The van der Waals surface area contributed by atoms with E-state index < -0.39 is 5.97 Å². The van der Waals surface area contributed by atoms with Gasteiger partial charge in [-0.2, -0.15) is 0 Å². The standard InChI is InChI=1S/C8H13N5O3S/c14-6(15)4-2-1-3-5-9-7(16)10-8-11-12-13-17-8/h1-5H2,(H,14,15)(H2,9,10,11,13,16). The number of hydrogen-bond acceptors (Lipinski definition) is 6. The van der Waals surface area contributed by atoms with E-state index in [-0.39, 0.29) is 12.5 Å². The fraction of sp³-hybridized carbons (Fsp3) is 0.625. The van der Waals surface area contributed by atoms with Crippen molar-refractivity contribution in [3.05, 3.63) is 0 Å². The van der Waals surface area contributed by atoms with Crippen LogP contribution in [-0.2, 0) is 4.79 Å². The predicted molar refractivity (Wildman–Crippen MR) is 60.8 cm³/mol. The minimum Gasteiger partial charge on any atom is -0.481 e. The van der Waals surface area contributed by atoms with Gasteiger partial charge in [0.2, 0.25) is 5.13 Å². The summed E-state index contributed by atoms with van der Waals surface area (Å²) in [5, 5.41) is 20.7. The van der Waals surface area contributed by atoms with Crippen molar-refractivity contribution < 1.29 is 14.7 Å².